The van der Waals surface area contributed by atoms with Gasteiger partial charge in [0, 0.05) is 6.20 Å². The van der Waals surface area contributed by atoms with Crippen LogP contribution in [0.15, 0.2) is 47.7 Å². The van der Waals surface area contributed by atoms with Gasteiger partial charge in [-0.3, -0.25) is 9.36 Å². The number of benzene rings is 1. The zero-order valence-corrected chi connectivity index (χ0v) is 12.6. The number of rotatable bonds is 2. The Morgan fingerprint density at radius 3 is 2.83 bits per heavy atom. The zero-order valence-electron chi connectivity index (χ0n) is 12.6. The fourth-order valence-corrected chi connectivity index (χ4v) is 2.72. The van der Waals surface area contributed by atoms with Crippen molar-refractivity contribution in [1.29, 1.82) is 0 Å². The highest BCUT2D eigenvalue weighted by Crippen LogP contribution is 2.33. The van der Waals surface area contributed by atoms with Crippen LogP contribution in [-0.4, -0.2) is 27.7 Å². The van der Waals surface area contributed by atoms with Gasteiger partial charge in [-0.25, -0.2) is 9.97 Å². The molecule has 2 aromatic heterocycles. The molecule has 0 radical (unpaired) electrons. The molecule has 0 bridgehead atoms. The number of nitrogens with zero attached hydrogens (tertiary/aromatic N) is 3. The van der Waals surface area contributed by atoms with E-state index in [0.29, 0.717) is 30.0 Å². The number of hydrogen-bond acceptors (Lipinski definition) is 5. The van der Waals surface area contributed by atoms with Crippen molar-refractivity contribution in [3.8, 4) is 11.5 Å². The van der Waals surface area contributed by atoms with Crippen LogP contribution in [0.4, 0.5) is 0 Å². The molecule has 0 saturated carbocycles. The molecule has 0 N–H and O–H groups in total. The third kappa shape index (κ3) is 2.32. The Bertz CT molecular complexity index is 936. The number of ether oxygens (including phenoxy) is 2. The predicted octanol–water partition coefficient (Wildman–Crippen LogP) is 2.17. The summed E-state index contributed by atoms with van der Waals surface area (Å²) in [5.41, 5.74) is 1.77. The maximum atomic E-state index is 12.6. The first kappa shape index (κ1) is 13.8. The predicted molar refractivity (Wildman–Crippen MR) is 85.0 cm³/mol. The highest BCUT2D eigenvalue weighted by Gasteiger charge is 2.17. The van der Waals surface area contributed by atoms with Crippen molar-refractivity contribution in [2.75, 3.05) is 13.2 Å². The molecule has 0 amide bonds. The number of hydrogen-bond donors (Lipinski definition) is 0. The minimum atomic E-state index is -0.183. The second-order valence-corrected chi connectivity index (χ2v) is 5.41. The van der Waals surface area contributed by atoms with Crippen LogP contribution < -0.4 is 15.0 Å². The Morgan fingerprint density at radius 1 is 1.13 bits per heavy atom. The van der Waals surface area contributed by atoms with E-state index in [1.807, 2.05) is 25.1 Å². The van der Waals surface area contributed by atoms with Crippen LogP contribution >= 0.6 is 0 Å². The molecule has 23 heavy (non-hydrogen) atoms. The lowest BCUT2D eigenvalue weighted by Gasteiger charge is -2.21. The lowest BCUT2D eigenvalue weighted by Crippen LogP contribution is -2.25. The van der Waals surface area contributed by atoms with Crippen LogP contribution in [0.2, 0.25) is 0 Å². The fourth-order valence-electron chi connectivity index (χ4n) is 2.72. The van der Waals surface area contributed by atoms with Crippen LogP contribution in [0.1, 0.15) is 18.5 Å². The van der Waals surface area contributed by atoms with Crippen LogP contribution in [0.3, 0.4) is 0 Å². The molecule has 116 valence electrons. The molecule has 0 aliphatic carbocycles. The number of aromatic nitrogens is 3. The smallest absolute Gasteiger partial charge is 0.280 e. The average Bonchev–Trinajstić information content (AvgIpc) is 2.61. The van der Waals surface area contributed by atoms with Gasteiger partial charge in [-0.1, -0.05) is 6.07 Å². The van der Waals surface area contributed by atoms with Gasteiger partial charge in [-0.2, -0.15) is 0 Å². The van der Waals surface area contributed by atoms with Crippen molar-refractivity contribution in [3.05, 3.63) is 58.8 Å². The van der Waals surface area contributed by atoms with Gasteiger partial charge >= 0.3 is 0 Å². The maximum absolute atomic E-state index is 12.6. The standard InChI is InChI=1S/C17H15N3O3/c1-11(12-4-5-14-15(9-12)23-8-7-22-14)20-10-19-13-3-2-6-18-16(13)17(20)21/h2-6,9-11H,7-8H2,1H3/t11-/m1/s1. The molecular formula is C17H15N3O3. The summed E-state index contributed by atoms with van der Waals surface area (Å²) >= 11 is 0. The normalized spacial score (nSPS) is 14.7. The van der Waals surface area contributed by atoms with E-state index in [1.165, 1.54) is 0 Å². The molecular weight excluding hydrogens is 294 g/mol. The Kier molecular flexibility index (Phi) is 3.22. The molecule has 1 aliphatic rings. The van der Waals surface area contributed by atoms with E-state index in [-0.39, 0.29) is 11.6 Å². The fraction of sp³-hybridized carbons (Fsp3) is 0.235. The molecule has 0 saturated heterocycles. The summed E-state index contributed by atoms with van der Waals surface area (Å²) in [6, 6.07) is 9.09. The molecule has 1 atom stereocenters. The molecule has 4 rings (SSSR count). The maximum Gasteiger partial charge on any atom is 0.280 e. The summed E-state index contributed by atoms with van der Waals surface area (Å²) in [6.45, 7) is 3.04. The quantitative estimate of drug-likeness (QED) is 0.726. The Hall–Kier alpha value is -2.89. The molecule has 6 heteroatoms. The first-order chi connectivity index (χ1) is 11.2. The Morgan fingerprint density at radius 2 is 1.96 bits per heavy atom. The molecule has 0 unspecified atom stereocenters. The van der Waals surface area contributed by atoms with Crippen LogP contribution in [0.5, 0.6) is 11.5 Å². The topological polar surface area (TPSA) is 66.2 Å². The van der Waals surface area contributed by atoms with Crippen LogP contribution in [-0.2, 0) is 0 Å². The summed E-state index contributed by atoms with van der Waals surface area (Å²) in [7, 11) is 0. The molecule has 1 aliphatic heterocycles. The van der Waals surface area contributed by atoms with E-state index in [1.54, 1.807) is 29.2 Å². The second kappa shape index (κ2) is 5.39. The zero-order chi connectivity index (χ0) is 15.8. The number of pyridine rings is 1. The second-order valence-electron chi connectivity index (χ2n) is 5.41. The van der Waals surface area contributed by atoms with E-state index in [9.17, 15) is 4.79 Å². The van der Waals surface area contributed by atoms with Gasteiger partial charge in [0.2, 0.25) is 0 Å². The van der Waals surface area contributed by atoms with Crippen molar-refractivity contribution < 1.29 is 9.47 Å². The highest BCUT2D eigenvalue weighted by atomic mass is 16.6. The largest absolute Gasteiger partial charge is 0.486 e. The van der Waals surface area contributed by atoms with Gasteiger partial charge in [-0.05, 0) is 36.8 Å². The average molecular weight is 309 g/mol. The molecule has 0 fully saturated rings. The third-order valence-electron chi connectivity index (χ3n) is 4.01. The summed E-state index contributed by atoms with van der Waals surface area (Å²) in [6.07, 6.45) is 3.16. The molecule has 6 nitrogen and oxygen atoms in total. The van der Waals surface area contributed by atoms with E-state index < -0.39 is 0 Å². The van der Waals surface area contributed by atoms with E-state index in [4.69, 9.17) is 9.47 Å². The van der Waals surface area contributed by atoms with E-state index in [0.717, 1.165) is 11.3 Å². The summed E-state index contributed by atoms with van der Waals surface area (Å²) < 4.78 is 12.7. The molecule has 3 heterocycles. The lowest BCUT2D eigenvalue weighted by molar-refractivity contribution is 0.171. The first-order valence-corrected chi connectivity index (χ1v) is 7.45. The SMILES string of the molecule is C[C@H](c1ccc2c(c1)OCCO2)n1cnc2cccnc2c1=O. The lowest BCUT2D eigenvalue weighted by atomic mass is 10.1. The monoisotopic (exact) mass is 309 g/mol. The van der Waals surface area contributed by atoms with Gasteiger partial charge < -0.3 is 9.47 Å². The van der Waals surface area contributed by atoms with Gasteiger partial charge in [0.15, 0.2) is 17.0 Å². The van der Waals surface area contributed by atoms with Crippen molar-refractivity contribution in [1.82, 2.24) is 14.5 Å². The minimum absolute atomic E-state index is 0.155. The van der Waals surface area contributed by atoms with E-state index >= 15 is 0 Å². The van der Waals surface area contributed by atoms with Gasteiger partial charge in [-0.15, -0.1) is 0 Å². The highest BCUT2D eigenvalue weighted by molar-refractivity contribution is 5.72. The summed E-state index contributed by atoms with van der Waals surface area (Å²) in [5, 5.41) is 0. The van der Waals surface area contributed by atoms with Crippen LogP contribution in [0, 0.1) is 0 Å². The Balaban J connectivity index is 1.78. The third-order valence-corrected chi connectivity index (χ3v) is 4.01. The van der Waals surface area contributed by atoms with Gasteiger partial charge in [0.25, 0.3) is 5.56 Å². The molecule has 3 aromatic rings. The van der Waals surface area contributed by atoms with Crippen molar-refractivity contribution in [3.63, 3.8) is 0 Å². The minimum Gasteiger partial charge on any atom is -0.486 e. The number of fused-ring (bicyclic) bond motifs is 2. The van der Waals surface area contributed by atoms with Crippen LogP contribution in [0.25, 0.3) is 11.0 Å². The van der Waals surface area contributed by atoms with Crippen molar-refractivity contribution in [2.45, 2.75) is 13.0 Å². The Labute approximate surface area is 132 Å². The van der Waals surface area contributed by atoms with Gasteiger partial charge in [0.05, 0.1) is 17.9 Å². The van der Waals surface area contributed by atoms with Crippen molar-refractivity contribution >= 4 is 11.0 Å². The van der Waals surface area contributed by atoms with E-state index in [2.05, 4.69) is 9.97 Å². The molecule has 1 aromatic carbocycles. The summed E-state index contributed by atoms with van der Waals surface area (Å²) in [4.78, 5) is 21.1. The van der Waals surface area contributed by atoms with Crippen molar-refractivity contribution in [2.24, 2.45) is 0 Å². The van der Waals surface area contributed by atoms with Gasteiger partial charge in [0.1, 0.15) is 13.2 Å². The molecule has 0 spiro atoms. The first-order valence-electron chi connectivity index (χ1n) is 7.45. The summed E-state index contributed by atoms with van der Waals surface area (Å²) in [5.74, 6) is 1.44.